The summed E-state index contributed by atoms with van der Waals surface area (Å²) in [5.41, 5.74) is 0.135. The molecule has 0 spiro atoms. The molecule has 1 fully saturated rings. The van der Waals surface area contributed by atoms with Gasteiger partial charge in [-0.1, -0.05) is 0 Å². The van der Waals surface area contributed by atoms with Crippen LogP contribution in [0.3, 0.4) is 0 Å². The third-order valence-corrected chi connectivity index (χ3v) is 3.28. The van der Waals surface area contributed by atoms with Crippen molar-refractivity contribution in [2.24, 2.45) is 5.92 Å². The first-order chi connectivity index (χ1) is 10.0. The minimum atomic E-state index is -0.734. The lowest BCUT2D eigenvalue weighted by Gasteiger charge is -2.22. The Kier molecular flexibility index (Phi) is 4.52. The summed E-state index contributed by atoms with van der Waals surface area (Å²) >= 11 is 0. The van der Waals surface area contributed by atoms with E-state index in [9.17, 15) is 18.8 Å². The highest BCUT2D eigenvalue weighted by Crippen LogP contribution is 2.20. The molecule has 0 saturated carbocycles. The van der Waals surface area contributed by atoms with Gasteiger partial charge in [-0.2, -0.15) is 0 Å². The Labute approximate surface area is 120 Å². The fourth-order valence-corrected chi connectivity index (χ4v) is 2.10. The molecule has 2 rings (SSSR count). The molecule has 0 aromatic heterocycles. The van der Waals surface area contributed by atoms with Crippen LogP contribution < -0.4 is 10.6 Å². The second-order valence-electron chi connectivity index (χ2n) is 4.71. The monoisotopic (exact) mass is 294 g/mol. The Morgan fingerprint density at radius 1 is 1.43 bits per heavy atom. The molecule has 1 unspecified atom stereocenters. The highest BCUT2D eigenvalue weighted by Gasteiger charge is 2.25. The maximum Gasteiger partial charge on any atom is 0.340 e. The van der Waals surface area contributed by atoms with E-state index >= 15 is 0 Å². The van der Waals surface area contributed by atoms with Crippen molar-refractivity contribution in [3.8, 4) is 0 Å². The molecule has 1 aromatic carbocycles. The molecular formula is C14H15FN2O4. The number of benzene rings is 1. The molecule has 1 saturated heterocycles. The van der Waals surface area contributed by atoms with Gasteiger partial charge in [-0.05, 0) is 24.6 Å². The van der Waals surface area contributed by atoms with Crippen molar-refractivity contribution in [3.63, 3.8) is 0 Å². The molecule has 1 aromatic rings. The molecule has 1 aliphatic heterocycles. The van der Waals surface area contributed by atoms with Crippen LogP contribution in [0.1, 0.15) is 23.2 Å². The standard InChI is InChI=1S/C14H15FN2O4/c1-21-14(20)10-6-9(15)3-4-11(10)17-13(19)8-2-5-12(18)16-7-8/h3-4,6,8H,2,5,7H2,1H3,(H,16,18)(H,17,19). The normalized spacial score (nSPS) is 17.8. The van der Waals surface area contributed by atoms with Crippen molar-refractivity contribution in [1.29, 1.82) is 0 Å². The van der Waals surface area contributed by atoms with Crippen LogP contribution in [-0.2, 0) is 14.3 Å². The first-order valence-electron chi connectivity index (χ1n) is 6.46. The van der Waals surface area contributed by atoms with Crippen LogP contribution in [0.4, 0.5) is 10.1 Å². The van der Waals surface area contributed by atoms with Gasteiger partial charge in [-0.3, -0.25) is 9.59 Å². The average molecular weight is 294 g/mol. The number of carbonyl (C=O) groups excluding carboxylic acids is 3. The summed E-state index contributed by atoms with van der Waals surface area (Å²) < 4.78 is 17.8. The summed E-state index contributed by atoms with van der Waals surface area (Å²) in [6, 6.07) is 3.45. The van der Waals surface area contributed by atoms with Gasteiger partial charge in [0, 0.05) is 13.0 Å². The second-order valence-corrected chi connectivity index (χ2v) is 4.71. The molecule has 2 N–H and O–H groups in total. The quantitative estimate of drug-likeness (QED) is 0.817. The smallest absolute Gasteiger partial charge is 0.340 e. The number of halogens is 1. The molecule has 1 heterocycles. The maximum atomic E-state index is 13.2. The number of hydrogen-bond acceptors (Lipinski definition) is 4. The van der Waals surface area contributed by atoms with Gasteiger partial charge < -0.3 is 15.4 Å². The van der Waals surface area contributed by atoms with Gasteiger partial charge in [0.25, 0.3) is 0 Å². The predicted octanol–water partition coefficient (Wildman–Crippen LogP) is 1.08. The summed E-state index contributed by atoms with van der Waals surface area (Å²) in [5.74, 6) is -2.12. The fraction of sp³-hybridized carbons (Fsp3) is 0.357. The summed E-state index contributed by atoms with van der Waals surface area (Å²) in [5, 5.41) is 5.18. The second kappa shape index (κ2) is 6.34. The van der Waals surface area contributed by atoms with Crippen LogP contribution in [0.5, 0.6) is 0 Å². The van der Waals surface area contributed by atoms with Crippen LogP contribution >= 0.6 is 0 Å². The van der Waals surface area contributed by atoms with E-state index in [-0.39, 0.29) is 41.9 Å². The van der Waals surface area contributed by atoms with Gasteiger partial charge in [0.15, 0.2) is 0 Å². The van der Waals surface area contributed by atoms with Crippen molar-refractivity contribution in [3.05, 3.63) is 29.6 Å². The van der Waals surface area contributed by atoms with Crippen molar-refractivity contribution in [2.45, 2.75) is 12.8 Å². The molecular weight excluding hydrogens is 279 g/mol. The third-order valence-electron chi connectivity index (χ3n) is 3.28. The van der Waals surface area contributed by atoms with Gasteiger partial charge >= 0.3 is 5.97 Å². The van der Waals surface area contributed by atoms with E-state index < -0.39 is 11.8 Å². The van der Waals surface area contributed by atoms with E-state index in [1.54, 1.807) is 0 Å². The SMILES string of the molecule is COC(=O)c1cc(F)ccc1NC(=O)C1CCC(=O)NC1. The predicted molar refractivity (Wildman–Crippen MR) is 72.1 cm³/mol. The fourth-order valence-electron chi connectivity index (χ4n) is 2.10. The summed E-state index contributed by atoms with van der Waals surface area (Å²) in [6.07, 6.45) is 0.720. The number of ether oxygens (including phenoxy) is 1. The highest BCUT2D eigenvalue weighted by atomic mass is 19.1. The summed E-state index contributed by atoms with van der Waals surface area (Å²) in [7, 11) is 1.18. The number of piperidine rings is 1. The van der Waals surface area contributed by atoms with E-state index in [1.165, 1.54) is 13.2 Å². The van der Waals surface area contributed by atoms with Crippen molar-refractivity contribution in [1.82, 2.24) is 5.32 Å². The van der Waals surface area contributed by atoms with Crippen molar-refractivity contribution >= 4 is 23.5 Å². The molecule has 0 radical (unpaired) electrons. The van der Waals surface area contributed by atoms with E-state index in [1.807, 2.05) is 0 Å². The topological polar surface area (TPSA) is 84.5 Å². The number of anilines is 1. The lowest BCUT2D eigenvalue weighted by Crippen LogP contribution is -2.40. The Bertz CT molecular complexity index is 578. The molecule has 6 nitrogen and oxygen atoms in total. The van der Waals surface area contributed by atoms with Crippen molar-refractivity contribution < 1.29 is 23.5 Å². The van der Waals surface area contributed by atoms with Crippen LogP contribution in [0.15, 0.2) is 18.2 Å². The Morgan fingerprint density at radius 3 is 2.81 bits per heavy atom. The van der Waals surface area contributed by atoms with Gasteiger partial charge in [-0.25, -0.2) is 9.18 Å². The number of methoxy groups -OCH3 is 1. The summed E-state index contributed by atoms with van der Waals surface area (Å²) in [6.45, 7) is 0.249. The number of rotatable bonds is 3. The number of esters is 1. The summed E-state index contributed by atoms with van der Waals surface area (Å²) in [4.78, 5) is 34.8. The van der Waals surface area contributed by atoms with Crippen LogP contribution in [0.2, 0.25) is 0 Å². The Hall–Kier alpha value is -2.44. The lowest BCUT2D eigenvalue weighted by atomic mass is 9.98. The highest BCUT2D eigenvalue weighted by molar-refractivity contribution is 6.02. The van der Waals surface area contributed by atoms with E-state index in [0.717, 1.165) is 12.1 Å². The number of hydrogen-bond donors (Lipinski definition) is 2. The van der Waals surface area contributed by atoms with Crippen LogP contribution in [0.25, 0.3) is 0 Å². The zero-order chi connectivity index (χ0) is 15.4. The molecule has 0 bridgehead atoms. The average Bonchev–Trinajstić information content (AvgIpc) is 2.48. The van der Waals surface area contributed by atoms with Crippen molar-refractivity contribution in [2.75, 3.05) is 19.0 Å². The number of carbonyl (C=O) groups is 3. The minimum absolute atomic E-state index is 0.0503. The molecule has 7 heteroatoms. The van der Waals surface area contributed by atoms with Gasteiger partial charge in [0.05, 0.1) is 24.3 Å². The molecule has 1 aliphatic rings. The molecule has 112 valence electrons. The zero-order valence-electron chi connectivity index (χ0n) is 11.4. The van der Waals surface area contributed by atoms with Crippen LogP contribution in [-0.4, -0.2) is 31.4 Å². The zero-order valence-corrected chi connectivity index (χ0v) is 11.4. The minimum Gasteiger partial charge on any atom is -0.465 e. The van der Waals surface area contributed by atoms with Gasteiger partial charge in [0.2, 0.25) is 11.8 Å². The molecule has 0 aliphatic carbocycles. The molecule has 1 atom stereocenters. The van der Waals surface area contributed by atoms with E-state index in [4.69, 9.17) is 0 Å². The van der Waals surface area contributed by atoms with E-state index in [2.05, 4.69) is 15.4 Å². The van der Waals surface area contributed by atoms with Crippen LogP contribution in [0, 0.1) is 11.7 Å². The van der Waals surface area contributed by atoms with E-state index in [0.29, 0.717) is 6.42 Å². The molecule has 2 amide bonds. The number of nitrogens with one attached hydrogen (secondary N) is 2. The Balaban J connectivity index is 2.13. The molecule has 21 heavy (non-hydrogen) atoms. The number of amides is 2. The first-order valence-corrected chi connectivity index (χ1v) is 6.46. The third kappa shape index (κ3) is 3.56. The largest absolute Gasteiger partial charge is 0.465 e. The Morgan fingerprint density at radius 2 is 2.19 bits per heavy atom. The van der Waals surface area contributed by atoms with Gasteiger partial charge in [-0.15, -0.1) is 0 Å². The first kappa shape index (κ1) is 15.0. The van der Waals surface area contributed by atoms with Gasteiger partial charge in [0.1, 0.15) is 5.82 Å². The lowest BCUT2D eigenvalue weighted by molar-refractivity contribution is -0.126. The maximum absolute atomic E-state index is 13.2.